The molecule has 3 aliphatic rings. The zero-order valence-electron chi connectivity index (χ0n) is 23.9. The molecule has 4 heterocycles. The summed E-state index contributed by atoms with van der Waals surface area (Å²) in [4.78, 5) is 8.58. The lowest BCUT2D eigenvalue weighted by Gasteiger charge is -2.30. The molecule has 0 saturated carbocycles. The van der Waals surface area contributed by atoms with Gasteiger partial charge >= 0.3 is 10.2 Å². The second kappa shape index (κ2) is 14.6. The molecule has 18 heteroatoms. The van der Waals surface area contributed by atoms with E-state index in [4.69, 9.17) is 19.3 Å². The van der Waals surface area contributed by atoms with Gasteiger partial charge in [0.1, 0.15) is 11.9 Å². The number of anilines is 1. The molecule has 0 bridgehead atoms. The number of nitrogens with one attached hydrogen (secondary N) is 1. The third kappa shape index (κ3) is 9.07. The van der Waals surface area contributed by atoms with Crippen molar-refractivity contribution in [3.8, 4) is 5.88 Å². The summed E-state index contributed by atoms with van der Waals surface area (Å²) in [7, 11) is -7.12. The van der Waals surface area contributed by atoms with Crippen molar-refractivity contribution in [1.82, 2.24) is 18.6 Å². The highest BCUT2D eigenvalue weighted by molar-refractivity contribution is 7.98. The first-order valence-electron chi connectivity index (χ1n) is 13.9. The smallest absolute Gasteiger partial charge is 0.302 e. The van der Waals surface area contributed by atoms with Gasteiger partial charge in [0, 0.05) is 49.1 Å². The van der Waals surface area contributed by atoms with Gasteiger partial charge in [0.25, 0.3) is 10.2 Å². The molecule has 1 aromatic heterocycles. The average Bonchev–Trinajstić information content (AvgIpc) is 2.92. The summed E-state index contributed by atoms with van der Waals surface area (Å²) in [6, 6.07) is 14.8. The van der Waals surface area contributed by atoms with Crippen molar-refractivity contribution in [1.29, 1.82) is 0 Å². The second-order valence-corrected chi connectivity index (χ2v) is 14.3. The molecule has 45 heavy (non-hydrogen) atoms. The predicted octanol–water partition coefficient (Wildman–Crippen LogP) is 2.80. The highest BCUT2D eigenvalue weighted by Crippen LogP contribution is 2.29. The number of hydrogen-bond donors (Lipinski definition) is 2. The van der Waals surface area contributed by atoms with Crippen LogP contribution < -0.4 is 14.6 Å². The summed E-state index contributed by atoms with van der Waals surface area (Å²) < 4.78 is 96.0. The molecule has 2 aromatic carbocycles. The normalized spacial score (nSPS) is 20.7. The fraction of sp³-hybridized carbons (Fsp3) is 0.407. The van der Waals surface area contributed by atoms with Crippen LogP contribution in [-0.2, 0) is 35.6 Å². The van der Waals surface area contributed by atoms with Crippen LogP contribution in [0.25, 0.3) is 0 Å². The molecule has 3 saturated heterocycles. The maximum Gasteiger partial charge on any atom is 0.302 e. The summed E-state index contributed by atoms with van der Waals surface area (Å²) in [5.41, 5.74) is 1.01. The van der Waals surface area contributed by atoms with Gasteiger partial charge in [0.15, 0.2) is 23.1 Å². The molecule has 3 aliphatic heterocycles. The lowest BCUT2D eigenvalue weighted by atomic mass is 10.2. The number of aromatic nitrogens is 2. The number of ether oxygens (including phenoxy) is 3. The molecule has 244 valence electrons. The molecule has 0 unspecified atom stereocenters. The van der Waals surface area contributed by atoms with Gasteiger partial charge in [-0.05, 0) is 18.9 Å². The summed E-state index contributed by atoms with van der Waals surface area (Å²) >= 11 is 1.02. The molecular formula is C27H32F2N6O7S3. The van der Waals surface area contributed by atoms with E-state index in [1.54, 1.807) is 0 Å². The number of thioether (sulfide) groups is 1. The maximum absolute atomic E-state index is 14.1. The lowest BCUT2D eigenvalue weighted by molar-refractivity contribution is -0.216. The molecular weight excluding hydrogens is 655 g/mol. The van der Waals surface area contributed by atoms with Crippen LogP contribution in [0.3, 0.4) is 0 Å². The number of nitrogens with zero attached hydrogens (tertiary/aromatic N) is 4. The van der Waals surface area contributed by atoms with Crippen LogP contribution in [0.1, 0.15) is 30.3 Å². The molecule has 3 aromatic rings. The Labute approximate surface area is 264 Å². The molecule has 3 fully saturated rings. The number of halogens is 2. The van der Waals surface area contributed by atoms with Crippen LogP contribution in [0, 0.1) is 11.6 Å². The minimum absolute atomic E-state index is 0.000998. The molecule has 3 N–H and O–H groups in total. The van der Waals surface area contributed by atoms with Crippen molar-refractivity contribution in [2.75, 3.05) is 44.1 Å². The van der Waals surface area contributed by atoms with Gasteiger partial charge in [-0.3, -0.25) is 4.72 Å². The molecule has 6 rings (SSSR count). The third-order valence-corrected chi connectivity index (χ3v) is 10.4. The Morgan fingerprint density at radius 2 is 1.60 bits per heavy atom. The van der Waals surface area contributed by atoms with Crippen LogP contribution >= 0.6 is 11.8 Å². The van der Waals surface area contributed by atoms with Crippen molar-refractivity contribution in [3.05, 3.63) is 77.4 Å². The van der Waals surface area contributed by atoms with E-state index in [0.29, 0.717) is 26.2 Å². The van der Waals surface area contributed by atoms with Crippen molar-refractivity contribution >= 4 is 38.0 Å². The summed E-state index contributed by atoms with van der Waals surface area (Å²) in [6.45, 7) is 2.47. The number of hydrogen-bond acceptors (Lipinski definition) is 10. The van der Waals surface area contributed by atoms with E-state index in [9.17, 15) is 25.6 Å². The summed E-state index contributed by atoms with van der Waals surface area (Å²) in [6.07, 6.45) is 0.701. The van der Waals surface area contributed by atoms with E-state index in [1.165, 1.54) is 26.8 Å². The predicted molar refractivity (Wildman–Crippen MR) is 161 cm³/mol. The SMILES string of the molecule is NS(=O)(=O)N1CCC1.O=S(=O)(Nc1cc(OC2COC(c3ccccc3)OC2)nc(SCc2cccc(F)c2F)n1)N1CCC1. The van der Waals surface area contributed by atoms with Crippen LogP contribution in [0.4, 0.5) is 14.6 Å². The van der Waals surface area contributed by atoms with Gasteiger partial charge in [-0.2, -0.15) is 30.4 Å². The summed E-state index contributed by atoms with van der Waals surface area (Å²) in [5, 5.41) is 4.87. The van der Waals surface area contributed by atoms with Gasteiger partial charge in [-0.15, -0.1) is 0 Å². The maximum atomic E-state index is 14.1. The monoisotopic (exact) mass is 686 g/mol. The molecule has 0 aliphatic carbocycles. The van der Waals surface area contributed by atoms with E-state index in [0.717, 1.165) is 36.2 Å². The Morgan fingerprint density at radius 1 is 0.933 bits per heavy atom. The lowest BCUT2D eigenvalue weighted by Crippen LogP contribution is -2.45. The van der Waals surface area contributed by atoms with Crippen molar-refractivity contribution < 1.29 is 39.8 Å². The minimum atomic E-state index is -3.79. The second-order valence-electron chi connectivity index (χ2n) is 10.2. The zero-order valence-corrected chi connectivity index (χ0v) is 26.4. The fourth-order valence-electron chi connectivity index (χ4n) is 4.18. The quantitative estimate of drug-likeness (QED) is 0.239. The Bertz CT molecular complexity index is 1670. The van der Waals surface area contributed by atoms with Crippen LogP contribution in [0.2, 0.25) is 0 Å². The van der Waals surface area contributed by atoms with Gasteiger partial charge in [-0.25, -0.2) is 18.9 Å². The standard InChI is InChI=1S/C24H24F2N4O5S2.C3H8N2O2S/c25-19-9-4-8-17(22(19)26)15-36-24-27-20(29-37(31,32)30-10-5-11-30)12-21(28-24)35-18-13-33-23(34-14-18)16-6-2-1-3-7-16;4-8(6,7)5-2-1-3-5/h1-4,6-9,12,18,23H,5,10-11,13-15H2,(H,27,28,29);1-3H2,(H2,4,6,7). The Hall–Kier alpha value is -2.97. The van der Waals surface area contributed by atoms with Crippen molar-refractivity contribution in [2.45, 2.75) is 36.1 Å². The number of benzene rings is 2. The number of nitrogens with two attached hydrogens (primary N) is 1. The highest BCUT2D eigenvalue weighted by Gasteiger charge is 2.29. The highest BCUT2D eigenvalue weighted by atomic mass is 32.2. The first-order valence-corrected chi connectivity index (χ1v) is 17.9. The molecule has 0 spiro atoms. The first-order chi connectivity index (χ1) is 21.5. The third-order valence-electron chi connectivity index (χ3n) is 6.86. The molecule has 13 nitrogen and oxygen atoms in total. The minimum Gasteiger partial charge on any atom is -0.469 e. The Kier molecular flexibility index (Phi) is 10.9. The Morgan fingerprint density at radius 3 is 2.18 bits per heavy atom. The van der Waals surface area contributed by atoms with Gasteiger partial charge < -0.3 is 14.2 Å². The number of rotatable bonds is 10. The van der Waals surface area contributed by atoms with Gasteiger partial charge in [0.2, 0.25) is 5.88 Å². The van der Waals surface area contributed by atoms with E-state index < -0.39 is 44.4 Å². The summed E-state index contributed by atoms with van der Waals surface area (Å²) in [5.74, 6) is -1.79. The van der Waals surface area contributed by atoms with Crippen LogP contribution in [0.5, 0.6) is 5.88 Å². The first kappa shape index (κ1) is 33.4. The van der Waals surface area contributed by atoms with Crippen LogP contribution in [0.15, 0.2) is 59.8 Å². The van der Waals surface area contributed by atoms with Crippen molar-refractivity contribution in [2.24, 2.45) is 5.14 Å². The molecule has 0 atom stereocenters. The largest absolute Gasteiger partial charge is 0.469 e. The fourth-order valence-corrected chi connectivity index (χ4v) is 7.01. The van der Waals surface area contributed by atoms with E-state index in [-0.39, 0.29) is 41.4 Å². The van der Waals surface area contributed by atoms with Crippen molar-refractivity contribution in [3.63, 3.8) is 0 Å². The van der Waals surface area contributed by atoms with Gasteiger partial charge in [0.05, 0.1) is 13.2 Å². The van der Waals surface area contributed by atoms with E-state index in [1.807, 2.05) is 30.3 Å². The van der Waals surface area contributed by atoms with E-state index in [2.05, 4.69) is 14.7 Å². The Balaban J connectivity index is 0.000000436. The van der Waals surface area contributed by atoms with Crippen LogP contribution in [-0.4, -0.2) is 80.9 Å². The average molecular weight is 687 g/mol. The van der Waals surface area contributed by atoms with Gasteiger partial charge in [-0.1, -0.05) is 54.2 Å². The topological polar surface area (TPSA) is 166 Å². The molecule has 0 radical (unpaired) electrons. The van der Waals surface area contributed by atoms with E-state index >= 15 is 0 Å². The molecule has 0 amide bonds. The zero-order chi connectivity index (χ0) is 32.0.